The summed E-state index contributed by atoms with van der Waals surface area (Å²) in [7, 11) is -3.77. The van der Waals surface area contributed by atoms with Crippen LogP contribution < -0.4 is 10.1 Å². The number of aryl methyl sites for hydroxylation is 2. The van der Waals surface area contributed by atoms with Gasteiger partial charge in [-0.3, -0.25) is 4.79 Å². The normalized spacial score (nSPS) is 18.4. The van der Waals surface area contributed by atoms with Crippen LogP contribution >= 0.6 is 0 Å². The molecule has 31 heavy (non-hydrogen) atoms. The molecule has 1 aliphatic rings. The number of rotatable bonds is 7. The average Bonchev–Trinajstić information content (AvgIpc) is 2.75. The topological polar surface area (TPSA) is 75.7 Å². The number of sulfonamides is 1. The maximum atomic E-state index is 13.1. The van der Waals surface area contributed by atoms with Crippen LogP contribution in [0.1, 0.15) is 30.9 Å². The molecular formula is C23H29FN2O4S. The summed E-state index contributed by atoms with van der Waals surface area (Å²) in [4.78, 5) is 12.8. The van der Waals surface area contributed by atoms with E-state index >= 15 is 0 Å². The molecule has 1 aliphatic heterocycles. The second kappa shape index (κ2) is 9.78. The number of hydrogen-bond acceptors (Lipinski definition) is 4. The third kappa shape index (κ3) is 5.83. The Balaban J connectivity index is 1.56. The Morgan fingerprint density at radius 2 is 1.90 bits per heavy atom. The minimum Gasteiger partial charge on any atom is -0.491 e. The van der Waals surface area contributed by atoms with Crippen molar-refractivity contribution in [2.24, 2.45) is 5.92 Å². The van der Waals surface area contributed by atoms with Crippen LogP contribution in [0.25, 0.3) is 0 Å². The number of nitrogens with zero attached hydrogens (tertiary/aromatic N) is 1. The number of piperidine rings is 1. The predicted molar refractivity (Wildman–Crippen MR) is 117 cm³/mol. The van der Waals surface area contributed by atoms with E-state index in [1.165, 1.54) is 22.0 Å². The van der Waals surface area contributed by atoms with Gasteiger partial charge in [0.2, 0.25) is 15.9 Å². The first kappa shape index (κ1) is 23.2. The molecule has 1 saturated heterocycles. The molecule has 0 saturated carbocycles. The van der Waals surface area contributed by atoms with Crippen molar-refractivity contribution in [2.75, 3.05) is 19.7 Å². The highest BCUT2D eigenvalue weighted by Crippen LogP contribution is 2.24. The fourth-order valence-corrected chi connectivity index (χ4v) is 5.08. The van der Waals surface area contributed by atoms with Crippen LogP contribution in [-0.4, -0.2) is 44.4 Å². The number of ether oxygens (including phenoxy) is 1. The zero-order valence-electron chi connectivity index (χ0n) is 18.1. The highest BCUT2D eigenvalue weighted by atomic mass is 32.2. The van der Waals surface area contributed by atoms with E-state index in [9.17, 15) is 17.6 Å². The number of hydrogen-bond donors (Lipinski definition) is 1. The molecule has 0 spiro atoms. The average molecular weight is 449 g/mol. The van der Waals surface area contributed by atoms with Crippen LogP contribution in [0.5, 0.6) is 5.75 Å². The first-order valence-corrected chi connectivity index (χ1v) is 11.9. The van der Waals surface area contributed by atoms with Crippen molar-refractivity contribution in [3.8, 4) is 5.75 Å². The van der Waals surface area contributed by atoms with Gasteiger partial charge in [0, 0.05) is 13.1 Å². The number of benzene rings is 2. The van der Waals surface area contributed by atoms with Gasteiger partial charge in [-0.15, -0.1) is 0 Å². The maximum Gasteiger partial charge on any atom is 0.243 e. The third-order valence-corrected chi connectivity index (χ3v) is 7.45. The summed E-state index contributed by atoms with van der Waals surface area (Å²) in [5.74, 6) is -0.367. The molecule has 1 N–H and O–H groups in total. The molecule has 2 atom stereocenters. The predicted octanol–water partition coefficient (Wildman–Crippen LogP) is 3.43. The van der Waals surface area contributed by atoms with Crippen LogP contribution in [0.3, 0.4) is 0 Å². The van der Waals surface area contributed by atoms with Gasteiger partial charge in [0.25, 0.3) is 0 Å². The molecule has 0 aromatic heterocycles. The van der Waals surface area contributed by atoms with Gasteiger partial charge in [-0.25, -0.2) is 12.8 Å². The standard InChI is InChI=1S/C23H29FN2O4S/c1-16-6-9-21(13-17(16)2)30-15-18(3)25-23(27)19-5-4-12-26(14-19)31(28,29)22-10-7-20(24)8-11-22/h6-11,13,18-19H,4-5,12,14-15H2,1-3H3,(H,25,27). The summed E-state index contributed by atoms with van der Waals surface area (Å²) in [6, 6.07) is 10.4. The quantitative estimate of drug-likeness (QED) is 0.704. The summed E-state index contributed by atoms with van der Waals surface area (Å²) in [5, 5.41) is 2.93. The fraction of sp³-hybridized carbons (Fsp3) is 0.435. The van der Waals surface area contributed by atoms with Crippen LogP contribution in [-0.2, 0) is 14.8 Å². The summed E-state index contributed by atoms with van der Waals surface area (Å²) in [6.07, 6.45) is 1.21. The molecule has 1 fully saturated rings. The van der Waals surface area contributed by atoms with E-state index in [4.69, 9.17) is 4.74 Å². The van der Waals surface area contributed by atoms with Crippen molar-refractivity contribution in [1.82, 2.24) is 9.62 Å². The largest absolute Gasteiger partial charge is 0.491 e. The minimum absolute atomic E-state index is 0.0325. The van der Waals surface area contributed by atoms with Crippen LogP contribution in [0.4, 0.5) is 4.39 Å². The second-order valence-electron chi connectivity index (χ2n) is 8.12. The van der Waals surface area contributed by atoms with E-state index in [-0.39, 0.29) is 23.4 Å². The molecule has 2 aromatic carbocycles. The Hall–Kier alpha value is -2.45. The molecule has 2 unspecified atom stereocenters. The van der Waals surface area contributed by atoms with E-state index in [1.807, 2.05) is 39.0 Å². The molecule has 6 nitrogen and oxygen atoms in total. The molecule has 0 aliphatic carbocycles. The summed E-state index contributed by atoms with van der Waals surface area (Å²) in [5.41, 5.74) is 2.32. The van der Waals surface area contributed by atoms with E-state index in [1.54, 1.807) is 0 Å². The van der Waals surface area contributed by atoms with E-state index < -0.39 is 21.8 Å². The highest BCUT2D eigenvalue weighted by Gasteiger charge is 2.33. The molecule has 1 amide bonds. The van der Waals surface area contributed by atoms with Gasteiger partial charge >= 0.3 is 0 Å². The Morgan fingerprint density at radius 1 is 1.19 bits per heavy atom. The van der Waals surface area contributed by atoms with Crippen LogP contribution in [0, 0.1) is 25.6 Å². The molecule has 0 radical (unpaired) electrons. The van der Waals surface area contributed by atoms with E-state index in [0.29, 0.717) is 26.0 Å². The Kier molecular flexibility index (Phi) is 7.33. The molecular weight excluding hydrogens is 419 g/mol. The number of nitrogens with one attached hydrogen (secondary N) is 1. The van der Waals surface area contributed by atoms with E-state index in [2.05, 4.69) is 5.32 Å². The first-order chi connectivity index (χ1) is 14.7. The monoisotopic (exact) mass is 448 g/mol. The van der Waals surface area contributed by atoms with E-state index in [0.717, 1.165) is 23.4 Å². The zero-order valence-corrected chi connectivity index (χ0v) is 18.9. The SMILES string of the molecule is Cc1ccc(OCC(C)NC(=O)C2CCCN(S(=O)(=O)c3ccc(F)cc3)C2)cc1C. The molecule has 3 rings (SSSR count). The van der Waals surface area contributed by atoms with Gasteiger partial charge in [0.15, 0.2) is 0 Å². The fourth-order valence-electron chi connectivity index (χ4n) is 3.56. The smallest absolute Gasteiger partial charge is 0.243 e. The van der Waals surface area contributed by atoms with Crippen molar-refractivity contribution < 1.29 is 22.3 Å². The molecule has 0 bridgehead atoms. The Morgan fingerprint density at radius 3 is 2.58 bits per heavy atom. The second-order valence-corrected chi connectivity index (χ2v) is 10.1. The molecule has 2 aromatic rings. The highest BCUT2D eigenvalue weighted by molar-refractivity contribution is 7.89. The van der Waals surface area contributed by atoms with Crippen molar-refractivity contribution in [1.29, 1.82) is 0 Å². The third-order valence-electron chi connectivity index (χ3n) is 5.57. The molecule has 1 heterocycles. The number of halogens is 1. The van der Waals surface area contributed by atoms with Gasteiger partial charge < -0.3 is 10.1 Å². The van der Waals surface area contributed by atoms with Crippen LogP contribution in [0.2, 0.25) is 0 Å². The number of carbonyl (C=O) groups is 1. The molecule has 168 valence electrons. The van der Waals surface area contributed by atoms with Crippen LogP contribution in [0.15, 0.2) is 47.4 Å². The lowest BCUT2D eigenvalue weighted by Crippen LogP contribution is -2.48. The van der Waals surface area contributed by atoms with Crippen molar-refractivity contribution in [3.63, 3.8) is 0 Å². The van der Waals surface area contributed by atoms with Gasteiger partial charge in [0.05, 0.1) is 16.9 Å². The number of amides is 1. The maximum absolute atomic E-state index is 13.1. The zero-order chi connectivity index (χ0) is 22.6. The van der Waals surface area contributed by atoms with Crippen molar-refractivity contribution in [2.45, 2.75) is 44.6 Å². The lowest BCUT2D eigenvalue weighted by Gasteiger charge is -2.31. The van der Waals surface area contributed by atoms with Gasteiger partial charge in [-0.05, 0) is 81.1 Å². The Labute approximate surface area is 183 Å². The Bertz CT molecular complexity index is 1020. The molecule has 8 heteroatoms. The number of carbonyl (C=O) groups excluding carboxylic acids is 1. The van der Waals surface area contributed by atoms with Gasteiger partial charge in [0.1, 0.15) is 18.2 Å². The first-order valence-electron chi connectivity index (χ1n) is 10.4. The summed E-state index contributed by atoms with van der Waals surface area (Å²) in [6.45, 7) is 6.67. The lowest BCUT2D eigenvalue weighted by atomic mass is 9.98. The summed E-state index contributed by atoms with van der Waals surface area (Å²) < 4.78 is 45.9. The van der Waals surface area contributed by atoms with Crippen molar-refractivity contribution >= 4 is 15.9 Å². The summed E-state index contributed by atoms with van der Waals surface area (Å²) >= 11 is 0. The van der Waals surface area contributed by atoms with Gasteiger partial charge in [-0.1, -0.05) is 6.07 Å². The van der Waals surface area contributed by atoms with Crippen molar-refractivity contribution in [3.05, 3.63) is 59.4 Å². The minimum atomic E-state index is -3.77. The van der Waals surface area contributed by atoms with Gasteiger partial charge in [-0.2, -0.15) is 4.31 Å². The lowest BCUT2D eigenvalue weighted by molar-refractivity contribution is -0.126.